The van der Waals surface area contributed by atoms with Crippen LogP contribution in [0.25, 0.3) is 5.69 Å². The van der Waals surface area contributed by atoms with Gasteiger partial charge >= 0.3 is 6.03 Å². The number of piperidine rings is 1. The van der Waals surface area contributed by atoms with Crippen molar-refractivity contribution in [3.05, 3.63) is 66.4 Å². The number of benzene rings is 1. The Bertz CT molecular complexity index is 1060. The molecule has 0 bridgehead atoms. The van der Waals surface area contributed by atoms with Gasteiger partial charge in [-0.3, -0.25) is 0 Å². The predicted octanol–water partition coefficient (Wildman–Crippen LogP) is 3.14. The zero-order valence-corrected chi connectivity index (χ0v) is 17.8. The molecule has 0 spiro atoms. The summed E-state index contributed by atoms with van der Waals surface area (Å²) in [6.45, 7) is 1.76. The summed E-state index contributed by atoms with van der Waals surface area (Å²) in [4.78, 5) is 17.4. The molecule has 1 aromatic carbocycles. The Morgan fingerprint density at radius 2 is 2.06 bits per heavy atom. The first kappa shape index (κ1) is 20.4. The van der Waals surface area contributed by atoms with Gasteiger partial charge in [-0.05, 0) is 62.1 Å². The molecule has 1 saturated heterocycles. The average Bonchev–Trinajstić information content (AvgIpc) is 3.50. The van der Waals surface area contributed by atoms with Crippen molar-refractivity contribution in [1.29, 1.82) is 0 Å². The highest BCUT2D eigenvalue weighted by atomic mass is 19.1. The topological polar surface area (TPSA) is 79.2 Å². The van der Waals surface area contributed by atoms with Crippen LogP contribution in [0.4, 0.5) is 15.0 Å². The predicted molar refractivity (Wildman–Crippen MR) is 118 cm³/mol. The molecule has 2 amide bonds. The van der Waals surface area contributed by atoms with E-state index in [0.717, 1.165) is 50.3 Å². The van der Waals surface area contributed by atoms with Gasteiger partial charge in [0, 0.05) is 49.8 Å². The maximum absolute atomic E-state index is 14.4. The van der Waals surface area contributed by atoms with Gasteiger partial charge in [0.1, 0.15) is 5.82 Å². The second-order valence-corrected chi connectivity index (χ2v) is 8.35. The molecule has 0 unspecified atom stereocenters. The molecular formula is C23H26FN7O. The molecule has 0 radical (unpaired) electrons. The Morgan fingerprint density at radius 1 is 1.16 bits per heavy atom. The molecule has 9 heteroatoms. The van der Waals surface area contributed by atoms with Crippen molar-refractivity contribution in [1.82, 2.24) is 30.2 Å². The molecule has 3 aromatic rings. The van der Waals surface area contributed by atoms with E-state index in [9.17, 15) is 9.18 Å². The van der Waals surface area contributed by atoms with Crippen molar-refractivity contribution in [3.63, 3.8) is 0 Å². The molecule has 2 aromatic heterocycles. The molecule has 1 N–H and O–H groups in total. The molecule has 1 saturated carbocycles. The second kappa shape index (κ2) is 8.94. The van der Waals surface area contributed by atoms with E-state index < -0.39 is 0 Å². The van der Waals surface area contributed by atoms with Crippen LogP contribution in [0, 0.1) is 5.82 Å². The van der Waals surface area contributed by atoms with Gasteiger partial charge in [-0.25, -0.2) is 13.9 Å². The van der Waals surface area contributed by atoms with E-state index in [1.165, 1.54) is 6.07 Å². The van der Waals surface area contributed by atoms with Gasteiger partial charge in [-0.1, -0.05) is 0 Å². The van der Waals surface area contributed by atoms with Gasteiger partial charge in [0.2, 0.25) is 0 Å². The minimum absolute atomic E-state index is 0.0958. The molecule has 32 heavy (non-hydrogen) atoms. The Labute approximate surface area is 186 Å². The first-order chi connectivity index (χ1) is 15.7. The summed E-state index contributed by atoms with van der Waals surface area (Å²) in [5, 5.41) is 15.4. The van der Waals surface area contributed by atoms with Gasteiger partial charge in [-0.2, -0.15) is 10.2 Å². The number of hydrogen-bond acceptors (Lipinski definition) is 5. The van der Waals surface area contributed by atoms with Gasteiger partial charge in [0.05, 0.1) is 11.7 Å². The Hall–Kier alpha value is -3.49. The fourth-order valence-corrected chi connectivity index (χ4v) is 4.36. The third kappa shape index (κ3) is 4.42. The van der Waals surface area contributed by atoms with Crippen molar-refractivity contribution >= 4 is 11.8 Å². The van der Waals surface area contributed by atoms with Gasteiger partial charge in [-0.15, -0.1) is 5.10 Å². The summed E-state index contributed by atoms with van der Waals surface area (Å²) in [6, 6.07) is 10.7. The molecule has 5 rings (SSSR count). The van der Waals surface area contributed by atoms with E-state index in [-0.39, 0.29) is 30.5 Å². The standard InChI is InChI=1S/C23H26FN7O/c24-21-9-8-19(30-13-3-11-27-30)14-17(21)15-25-23(32)31(18-6-7-18)20-4-2-12-29(16-20)22-5-1-10-26-28-22/h1,3,5,8-11,13-14,18,20H,2,4,6-7,12,15-16H2,(H,25,32)/t20-/m1/s1. The monoisotopic (exact) mass is 435 g/mol. The molecular weight excluding hydrogens is 409 g/mol. The van der Waals surface area contributed by atoms with Crippen LogP contribution < -0.4 is 10.2 Å². The van der Waals surface area contributed by atoms with Crippen LogP contribution in [0.3, 0.4) is 0 Å². The molecule has 2 aliphatic rings. The molecule has 166 valence electrons. The number of nitrogens with zero attached hydrogens (tertiary/aromatic N) is 6. The number of hydrogen-bond donors (Lipinski definition) is 1. The molecule has 1 aliphatic carbocycles. The van der Waals surface area contributed by atoms with Crippen LogP contribution in [0.2, 0.25) is 0 Å². The first-order valence-electron chi connectivity index (χ1n) is 11.1. The zero-order chi connectivity index (χ0) is 21.9. The van der Waals surface area contributed by atoms with E-state index >= 15 is 0 Å². The summed E-state index contributed by atoms with van der Waals surface area (Å²) in [7, 11) is 0. The number of anilines is 1. The smallest absolute Gasteiger partial charge is 0.318 e. The highest BCUT2D eigenvalue weighted by Gasteiger charge is 2.39. The minimum atomic E-state index is -0.342. The quantitative estimate of drug-likeness (QED) is 0.644. The number of aromatic nitrogens is 4. The Kier molecular flexibility index (Phi) is 5.70. The average molecular weight is 436 g/mol. The Morgan fingerprint density at radius 3 is 2.81 bits per heavy atom. The fourth-order valence-electron chi connectivity index (χ4n) is 4.36. The van der Waals surface area contributed by atoms with Crippen molar-refractivity contribution in [2.24, 2.45) is 0 Å². The number of urea groups is 1. The third-order valence-corrected chi connectivity index (χ3v) is 6.08. The van der Waals surface area contributed by atoms with Crippen LogP contribution in [0.5, 0.6) is 0 Å². The normalized spacial score (nSPS) is 18.4. The molecule has 2 fully saturated rings. The first-order valence-corrected chi connectivity index (χ1v) is 11.1. The number of rotatable bonds is 6. The van der Waals surface area contributed by atoms with Crippen LogP contribution in [0.15, 0.2) is 55.0 Å². The number of halogens is 1. The number of carbonyl (C=O) groups excluding carboxylic acids is 1. The van der Waals surface area contributed by atoms with E-state index in [1.54, 1.807) is 35.4 Å². The molecule has 3 heterocycles. The maximum atomic E-state index is 14.4. The van der Waals surface area contributed by atoms with Gasteiger partial charge in [0.15, 0.2) is 5.82 Å². The van der Waals surface area contributed by atoms with Crippen LogP contribution in [-0.2, 0) is 6.54 Å². The van der Waals surface area contributed by atoms with Gasteiger partial charge < -0.3 is 15.1 Å². The number of amides is 2. The highest BCUT2D eigenvalue weighted by Crippen LogP contribution is 2.32. The van der Waals surface area contributed by atoms with Crippen molar-refractivity contribution < 1.29 is 9.18 Å². The van der Waals surface area contributed by atoms with Crippen LogP contribution >= 0.6 is 0 Å². The molecule has 8 nitrogen and oxygen atoms in total. The van der Waals surface area contributed by atoms with Crippen LogP contribution in [-0.4, -0.2) is 56.1 Å². The fraction of sp³-hybridized carbons (Fsp3) is 0.391. The van der Waals surface area contributed by atoms with Crippen molar-refractivity contribution in [2.75, 3.05) is 18.0 Å². The van der Waals surface area contributed by atoms with E-state index in [0.29, 0.717) is 5.56 Å². The number of carbonyl (C=O) groups is 1. The van der Waals surface area contributed by atoms with Gasteiger partial charge in [0.25, 0.3) is 0 Å². The lowest BCUT2D eigenvalue weighted by molar-refractivity contribution is 0.160. The third-order valence-electron chi connectivity index (χ3n) is 6.08. The van der Waals surface area contributed by atoms with E-state index in [1.807, 2.05) is 23.1 Å². The lowest BCUT2D eigenvalue weighted by Gasteiger charge is -2.40. The minimum Gasteiger partial charge on any atom is -0.353 e. The summed E-state index contributed by atoms with van der Waals surface area (Å²) in [6.07, 6.45) is 9.09. The summed E-state index contributed by atoms with van der Waals surface area (Å²) in [5.74, 6) is 0.497. The highest BCUT2D eigenvalue weighted by molar-refractivity contribution is 5.75. The summed E-state index contributed by atoms with van der Waals surface area (Å²) in [5.41, 5.74) is 1.19. The summed E-state index contributed by atoms with van der Waals surface area (Å²) < 4.78 is 16.1. The van der Waals surface area contributed by atoms with Crippen LogP contribution in [0.1, 0.15) is 31.2 Å². The molecule has 1 aliphatic heterocycles. The SMILES string of the molecule is O=C(NCc1cc(-n2cccn2)ccc1F)N(C1CC1)[C@@H]1CCCN(c2cccnn2)C1. The largest absolute Gasteiger partial charge is 0.353 e. The lowest BCUT2D eigenvalue weighted by Crippen LogP contribution is -2.54. The van der Waals surface area contributed by atoms with Crippen molar-refractivity contribution in [3.8, 4) is 5.69 Å². The Balaban J connectivity index is 1.27. The second-order valence-electron chi connectivity index (χ2n) is 8.35. The molecule has 1 atom stereocenters. The van der Waals surface area contributed by atoms with E-state index in [4.69, 9.17) is 0 Å². The zero-order valence-electron chi connectivity index (χ0n) is 17.8. The maximum Gasteiger partial charge on any atom is 0.318 e. The van der Waals surface area contributed by atoms with Crippen molar-refractivity contribution in [2.45, 2.75) is 44.3 Å². The van der Waals surface area contributed by atoms with E-state index in [2.05, 4.69) is 25.5 Å². The summed E-state index contributed by atoms with van der Waals surface area (Å²) >= 11 is 0. The lowest BCUT2D eigenvalue weighted by atomic mass is 10.0. The number of nitrogens with one attached hydrogen (secondary N) is 1.